The van der Waals surface area contributed by atoms with Crippen molar-refractivity contribution in [1.29, 1.82) is 0 Å². The zero-order chi connectivity index (χ0) is 34.2. The van der Waals surface area contributed by atoms with E-state index in [0.29, 0.717) is 76.8 Å². The molecule has 0 unspecified atom stereocenters. The van der Waals surface area contributed by atoms with Crippen LogP contribution in [-0.4, -0.2) is 33.6 Å². The van der Waals surface area contributed by atoms with E-state index in [2.05, 4.69) is 13.8 Å². The van der Waals surface area contributed by atoms with Gasteiger partial charge in [-0.05, 0) is 71.8 Å². The van der Waals surface area contributed by atoms with Crippen molar-refractivity contribution in [3.05, 3.63) is 143 Å². The van der Waals surface area contributed by atoms with Crippen LogP contribution in [0.15, 0.2) is 109 Å². The minimum Gasteiger partial charge on any atom is -0.457 e. The van der Waals surface area contributed by atoms with Crippen molar-refractivity contribution in [2.45, 2.75) is 19.3 Å². The molecule has 240 valence electrons. The molecule has 4 amide bonds. The highest BCUT2D eigenvalue weighted by atomic mass is 16.5. The van der Waals surface area contributed by atoms with Gasteiger partial charge in [0.15, 0.2) is 0 Å². The maximum absolute atomic E-state index is 12.7. The molecule has 0 bridgehead atoms. The number of ether oxygens (including phenoxy) is 2. The maximum Gasteiger partial charge on any atom is 0.275 e. The molecule has 0 aliphatic carbocycles. The number of rotatable bonds is 6. The fourth-order valence-corrected chi connectivity index (χ4v) is 6.65. The summed E-state index contributed by atoms with van der Waals surface area (Å²) in [6.07, 6.45) is 0. The number of hydrazine groups is 2. The van der Waals surface area contributed by atoms with Crippen LogP contribution in [0.1, 0.15) is 66.4 Å². The molecule has 8 rings (SSSR count). The standard InChI is InChI=1S/C39H28N4O6/c1-39(2,21-9-13-23(14-10-21)48-31-19-17-29-33-25(31)5-3-7-27(33)35(44)42(40)37(29)46)22-11-15-24(16-12-22)49-32-20-18-30-34-26(32)6-4-8-28(34)36(45)43(41)38(30)47/h3-20H,40-41H2,1-2H3. The van der Waals surface area contributed by atoms with Crippen molar-refractivity contribution in [2.24, 2.45) is 11.7 Å². The summed E-state index contributed by atoms with van der Waals surface area (Å²) in [5.41, 5.74) is 3.14. The van der Waals surface area contributed by atoms with Crippen LogP contribution in [-0.2, 0) is 5.41 Å². The zero-order valence-electron chi connectivity index (χ0n) is 26.4. The van der Waals surface area contributed by atoms with E-state index in [4.69, 9.17) is 21.2 Å². The highest BCUT2D eigenvalue weighted by molar-refractivity contribution is 6.26. The number of carbonyl (C=O) groups excluding carboxylic acids is 4. The average Bonchev–Trinajstić information content (AvgIpc) is 3.12. The van der Waals surface area contributed by atoms with Gasteiger partial charge in [0.2, 0.25) is 0 Å². The molecule has 0 saturated heterocycles. The number of benzene rings is 6. The summed E-state index contributed by atoms with van der Waals surface area (Å²) >= 11 is 0. The number of hydrogen-bond acceptors (Lipinski definition) is 8. The number of nitrogens with zero attached hydrogens (tertiary/aromatic N) is 2. The van der Waals surface area contributed by atoms with Gasteiger partial charge in [-0.1, -0.05) is 62.4 Å². The van der Waals surface area contributed by atoms with E-state index in [1.165, 1.54) is 0 Å². The second-order valence-electron chi connectivity index (χ2n) is 12.5. The van der Waals surface area contributed by atoms with Gasteiger partial charge in [-0.3, -0.25) is 19.2 Å². The minimum atomic E-state index is -0.553. The fraction of sp³-hybridized carbons (Fsp3) is 0.0769. The van der Waals surface area contributed by atoms with Crippen LogP contribution in [0.3, 0.4) is 0 Å². The first-order chi connectivity index (χ1) is 23.5. The van der Waals surface area contributed by atoms with Gasteiger partial charge in [0.1, 0.15) is 23.0 Å². The van der Waals surface area contributed by atoms with Gasteiger partial charge in [-0.25, -0.2) is 21.7 Å². The first-order valence-corrected chi connectivity index (χ1v) is 15.5. The zero-order valence-corrected chi connectivity index (χ0v) is 26.4. The van der Waals surface area contributed by atoms with Gasteiger partial charge in [-0.15, -0.1) is 0 Å². The third-order valence-corrected chi connectivity index (χ3v) is 9.41. The molecule has 2 aliphatic heterocycles. The Labute approximate surface area is 280 Å². The van der Waals surface area contributed by atoms with Crippen LogP contribution in [0.5, 0.6) is 23.0 Å². The molecular weight excluding hydrogens is 620 g/mol. The van der Waals surface area contributed by atoms with E-state index < -0.39 is 23.6 Å². The minimum absolute atomic E-state index is 0.352. The van der Waals surface area contributed by atoms with Gasteiger partial charge in [-0.2, -0.15) is 0 Å². The Kier molecular flexibility index (Phi) is 6.64. The molecule has 10 nitrogen and oxygen atoms in total. The second kappa shape index (κ2) is 10.8. The number of imide groups is 2. The van der Waals surface area contributed by atoms with E-state index in [9.17, 15) is 19.2 Å². The predicted molar refractivity (Wildman–Crippen MR) is 182 cm³/mol. The molecule has 2 aliphatic rings. The van der Waals surface area contributed by atoms with Crippen molar-refractivity contribution >= 4 is 45.2 Å². The molecule has 0 spiro atoms. The third-order valence-electron chi connectivity index (χ3n) is 9.41. The van der Waals surface area contributed by atoms with Crippen LogP contribution in [0.4, 0.5) is 0 Å². The van der Waals surface area contributed by atoms with Crippen molar-refractivity contribution in [3.63, 3.8) is 0 Å². The quantitative estimate of drug-likeness (QED) is 0.113. The van der Waals surface area contributed by atoms with Gasteiger partial charge >= 0.3 is 0 Å². The Bertz CT molecular complexity index is 2210. The van der Waals surface area contributed by atoms with E-state index in [1.54, 1.807) is 48.5 Å². The lowest BCUT2D eigenvalue weighted by molar-refractivity contribution is 0.0595. The van der Waals surface area contributed by atoms with Gasteiger partial charge < -0.3 is 9.47 Å². The summed E-state index contributed by atoms with van der Waals surface area (Å²) in [4.78, 5) is 50.6. The SMILES string of the molecule is CC(C)(c1ccc(Oc2ccc3c4c(cccc24)C(=O)N(N)C3=O)cc1)c1ccc(Oc2ccc3c4c(cccc24)C(=O)N(N)C3=O)cc1. The summed E-state index contributed by atoms with van der Waals surface area (Å²) in [6, 6.07) is 32.7. The molecule has 49 heavy (non-hydrogen) atoms. The summed E-state index contributed by atoms with van der Waals surface area (Å²) in [5.74, 6) is 11.5. The van der Waals surface area contributed by atoms with Gasteiger partial charge in [0.25, 0.3) is 23.6 Å². The van der Waals surface area contributed by atoms with E-state index >= 15 is 0 Å². The van der Waals surface area contributed by atoms with Crippen LogP contribution in [0.2, 0.25) is 0 Å². The molecule has 0 saturated carbocycles. The fourth-order valence-electron chi connectivity index (χ4n) is 6.65. The highest BCUT2D eigenvalue weighted by Crippen LogP contribution is 2.40. The molecule has 4 N–H and O–H groups in total. The molecule has 0 fully saturated rings. The number of carbonyl (C=O) groups is 4. The average molecular weight is 649 g/mol. The molecule has 2 heterocycles. The smallest absolute Gasteiger partial charge is 0.275 e. The van der Waals surface area contributed by atoms with Crippen LogP contribution in [0, 0.1) is 0 Å². The molecule has 0 aromatic heterocycles. The van der Waals surface area contributed by atoms with Crippen LogP contribution < -0.4 is 21.2 Å². The van der Waals surface area contributed by atoms with Gasteiger partial charge in [0, 0.05) is 27.0 Å². The summed E-state index contributed by atoms with van der Waals surface area (Å²) in [5, 5.41) is 3.62. The maximum atomic E-state index is 12.7. The monoisotopic (exact) mass is 648 g/mol. The number of amides is 4. The van der Waals surface area contributed by atoms with E-state index in [0.717, 1.165) is 11.1 Å². The molecule has 0 radical (unpaired) electrons. The Balaban J connectivity index is 1.03. The Morgan fingerprint density at radius 2 is 0.816 bits per heavy atom. The lowest BCUT2D eigenvalue weighted by atomic mass is 9.78. The first-order valence-electron chi connectivity index (χ1n) is 15.5. The summed E-state index contributed by atoms with van der Waals surface area (Å²) in [7, 11) is 0. The molecule has 10 heteroatoms. The normalized spacial score (nSPS) is 14.2. The molecule has 6 aromatic carbocycles. The Hall–Kier alpha value is -6.36. The van der Waals surface area contributed by atoms with Crippen molar-refractivity contribution in [3.8, 4) is 23.0 Å². The first kappa shape index (κ1) is 30.0. The summed E-state index contributed by atoms with van der Waals surface area (Å²) < 4.78 is 12.5. The molecule has 0 atom stereocenters. The van der Waals surface area contributed by atoms with E-state index in [-0.39, 0.29) is 5.41 Å². The third kappa shape index (κ3) is 4.57. The van der Waals surface area contributed by atoms with Crippen molar-refractivity contribution in [2.75, 3.05) is 0 Å². The summed E-state index contributed by atoms with van der Waals surface area (Å²) in [6.45, 7) is 4.25. The largest absolute Gasteiger partial charge is 0.457 e. The molecular formula is C39H28N4O6. The topological polar surface area (TPSA) is 145 Å². The Morgan fingerprint density at radius 1 is 0.469 bits per heavy atom. The second-order valence-corrected chi connectivity index (χ2v) is 12.5. The van der Waals surface area contributed by atoms with Crippen molar-refractivity contribution in [1.82, 2.24) is 10.0 Å². The van der Waals surface area contributed by atoms with Gasteiger partial charge in [0.05, 0.1) is 22.3 Å². The highest BCUT2D eigenvalue weighted by Gasteiger charge is 2.33. The van der Waals surface area contributed by atoms with Crippen molar-refractivity contribution < 1.29 is 28.7 Å². The lowest BCUT2D eigenvalue weighted by Crippen LogP contribution is -2.45. The van der Waals surface area contributed by atoms with Crippen LogP contribution in [0.25, 0.3) is 21.5 Å². The number of hydrogen-bond donors (Lipinski definition) is 2. The molecule has 6 aromatic rings. The predicted octanol–water partition coefficient (Wildman–Crippen LogP) is 6.84. The number of nitrogens with two attached hydrogens (primary N) is 2. The van der Waals surface area contributed by atoms with Crippen LogP contribution >= 0.6 is 0 Å². The van der Waals surface area contributed by atoms with E-state index in [1.807, 2.05) is 60.7 Å². The lowest BCUT2D eigenvalue weighted by Gasteiger charge is -2.27. The Morgan fingerprint density at radius 3 is 1.18 bits per heavy atom.